The van der Waals surface area contributed by atoms with Crippen molar-refractivity contribution < 1.29 is 31.9 Å². The monoisotopic (exact) mass is 432 g/mol. The summed E-state index contributed by atoms with van der Waals surface area (Å²) in [7, 11) is 0. The van der Waals surface area contributed by atoms with Crippen molar-refractivity contribution in [3.05, 3.63) is 72.0 Å². The zero-order valence-electron chi connectivity index (χ0n) is 16.5. The lowest BCUT2D eigenvalue weighted by atomic mass is 10.1. The first-order valence-corrected chi connectivity index (χ1v) is 9.31. The average Bonchev–Trinajstić information content (AvgIpc) is 3.22. The maximum atomic E-state index is 12.9. The van der Waals surface area contributed by atoms with E-state index in [1.807, 2.05) is 6.92 Å². The molecule has 31 heavy (non-hydrogen) atoms. The molecule has 1 heterocycles. The van der Waals surface area contributed by atoms with E-state index in [1.54, 1.807) is 24.3 Å². The van der Waals surface area contributed by atoms with Crippen LogP contribution in [0.15, 0.2) is 70.2 Å². The summed E-state index contributed by atoms with van der Waals surface area (Å²) in [5, 5.41) is 3.77. The fraction of sp³-hybridized carbons (Fsp3) is 0.182. The Hall–Kier alpha value is -3.75. The number of hydrogen-bond donors (Lipinski definition) is 1. The molecule has 0 aliphatic rings. The first-order chi connectivity index (χ1) is 14.9. The van der Waals surface area contributed by atoms with Gasteiger partial charge in [0.05, 0.1) is 18.4 Å². The van der Waals surface area contributed by atoms with E-state index < -0.39 is 17.6 Å². The van der Waals surface area contributed by atoms with Crippen molar-refractivity contribution in [1.82, 2.24) is 5.43 Å². The van der Waals surface area contributed by atoms with Crippen molar-refractivity contribution in [2.24, 2.45) is 5.10 Å². The third-order valence-corrected chi connectivity index (χ3v) is 3.99. The summed E-state index contributed by atoms with van der Waals surface area (Å²) in [5.41, 5.74) is 1.80. The summed E-state index contributed by atoms with van der Waals surface area (Å²) < 4.78 is 54.9. The number of rotatable bonds is 8. The van der Waals surface area contributed by atoms with Crippen LogP contribution in [0.25, 0.3) is 11.3 Å². The predicted molar refractivity (Wildman–Crippen MR) is 108 cm³/mol. The zero-order valence-corrected chi connectivity index (χ0v) is 16.5. The van der Waals surface area contributed by atoms with E-state index in [2.05, 4.69) is 10.5 Å². The summed E-state index contributed by atoms with van der Waals surface area (Å²) >= 11 is 0. The second-order valence-corrected chi connectivity index (χ2v) is 6.24. The summed E-state index contributed by atoms with van der Waals surface area (Å²) in [5.74, 6) is 0.955. The number of nitrogens with one attached hydrogen (secondary N) is 1. The molecule has 0 radical (unpaired) electrons. The van der Waals surface area contributed by atoms with Crippen molar-refractivity contribution in [3.63, 3.8) is 0 Å². The molecule has 0 atom stereocenters. The van der Waals surface area contributed by atoms with Crippen molar-refractivity contribution in [2.75, 3.05) is 13.2 Å². The Morgan fingerprint density at radius 3 is 2.52 bits per heavy atom. The minimum Gasteiger partial charge on any atom is -0.490 e. The van der Waals surface area contributed by atoms with Gasteiger partial charge in [-0.3, -0.25) is 4.79 Å². The zero-order chi connectivity index (χ0) is 22.3. The number of hydrazone groups is 1. The van der Waals surface area contributed by atoms with Gasteiger partial charge >= 0.3 is 6.18 Å². The lowest BCUT2D eigenvalue weighted by molar-refractivity contribution is -0.137. The van der Waals surface area contributed by atoms with Crippen molar-refractivity contribution in [1.29, 1.82) is 0 Å². The Labute approximate surface area is 176 Å². The van der Waals surface area contributed by atoms with E-state index in [4.69, 9.17) is 13.9 Å². The van der Waals surface area contributed by atoms with Gasteiger partial charge in [0, 0.05) is 5.56 Å². The first kappa shape index (κ1) is 21.9. The lowest BCUT2D eigenvalue weighted by Crippen LogP contribution is -2.24. The summed E-state index contributed by atoms with van der Waals surface area (Å²) in [6, 6.07) is 14.8. The Kier molecular flexibility index (Phi) is 6.96. The fourth-order valence-electron chi connectivity index (χ4n) is 2.61. The maximum absolute atomic E-state index is 12.9. The van der Waals surface area contributed by atoms with Gasteiger partial charge in [-0.05, 0) is 43.3 Å². The maximum Gasteiger partial charge on any atom is 0.416 e. The van der Waals surface area contributed by atoms with Crippen molar-refractivity contribution >= 4 is 12.1 Å². The van der Waals surface area contributed by atoms with Crippen LogP contribution in [0.1, 0.15) is 18.2 Å². The lowest BCUT2D eigenvalue weighted by Gasteiger charge is -2.10. The van der Waals surface area contributed by atoms with E-state index in [0.717, 1.165) is 12.1 Å². The largest absolute Gasteiger partial charge is 0.490 e. The minimum atomic E-state index is -4.44. The van der Waals surface area contributed by atoms with Crippen LogP contribution < -0.4 is 14.9 Å². The molecule has 0 bridgehead atoms. The van der Waals surface area contributed by atoms with Crippen LogP contribution in [0.5, 0.6) is 11.5 Å². The van der Waals surface area contributed by atoms with Crippen LogP contribution in [-0.4, -0.2) is 25.3 Å². The molecular formula is C22H19F3N2O4. The molecule has 0 spiro atoms. The first-order valence-electron chi connectivity index (χ1n) is 9.31. The Bertz CT molecular complexity index is 1060. The number of benzene rings is 2. The standard InChI is InChI=1S/C22H19F3N2O4/c1-2-29-19-8-3-4-9-20(19)30-14-21(28)27-26-13-17-10-11-18(31-17)15-6-5-7-16(12-15)22(23,24)25/h3-13H,2,14H2,1H3,(H,27,28)/b26-13-. The molecule has 9 heteroatoms. The van der Waals surface area contributed by atoms with Gasteiger partial charge in [0.2, 0.25) is 0 Å². The van der Waals surface area contributed by atoms with Crippen molar-refractivity contribution in [3.8, 4) is 22.8 Å². The third-order valence-electron chi connectivity index (χ3n) is 3.99. The molecule has 162 valence electrons. The molecule has 0 aliphatic heterocycles. The van der Waals surface area contributed by atoms with E-state index >= 15 is 0 Å². The van der Waals surface area contributed by atoms with E-state index in [0.29, 0.717) is 18.1 Å². The van der Waals surface area contributed by atoms with Gasteiger partial charge < -0.3 is 13.9 Å². The third kappa shape index (κ3) is 6.11. The summed E-state index contributed by atoms with van der Waals surface area (Å²) in [6.07, 6.45) is -3.20. The average molecular weight is 432 g/mol. The fourth-order valence-corrected chi connectivity index (χ4v) is 2.61. The van der Waals surface area contributed by atoms with E-state index in [9.17, 15) is 18.0 Å². The molecule has 2 aromatic carbocycles. The number of amides is 1. The summed E-state index contributed by atoms with van der Waals surface area (Å²) in [6.45, 7) is 2.02. The van der Waals surface area contributed by atoms with E-state index in [1.165, 1.54) is 30.5 Å². The van der Waals surface area contributed by atoms with Crippen LogP contribution in [0.3, 0.4) is 0 Å². The number of ether oxygens (including phenoxy) is 2. The van der Waals surface area contributed by atoms with Crippen LogP contribution in [0.2, 0.25) is 0 Å². The van der Waals surface area contributed by atoms with Crippen LogP contribution >= 0.6 is 0 Å². The van der Waals surface area contributed by atoms with Crippen LogP contribution in [0, 0.1) is 0 Å². The number of carbonyl (C=O) groups excluding carboxylic acids is 1. The van der Waals surface area contributed by atoms with Crippen LogP contribution in [-0.2, 0) is 11.0 Å². The second-order valence-electron chi connectivity index (χ2n) is 6.24. The molecule has 3 rings (SSSR count). The van der Waals surface area contributed by atoms with Gasteiger partial charge in [0.15, 0.2) is 18.1 Å². The highest BCUT2D eigenvalue weighted by molar-refractivity contribution is 5.81. The molecule has 1 N–H and O–H groups in total. The SMILES string of the molecule is CCOc1ccccc1OCC(=O)N/N=C\c1ccc(-c2cccc(C(F)(F)F)c2)o1. The number of para-hydroxylation sites is 2. The molecule has 0 unspecified atom stereocenters. The summed E-state index contributed by atoms with van der Waals surface area (Å²) in [4.78, 5) is 11.9. The smallest absolute Gasteiger partial charge is 0.416 e. The number of nitrogens with zero attached hydrogens (tertiary/aromatic N) is 1. The number of hydrogen-bond acceptors (Lipinski definition) is 5. The van der Waals surface area contributed by atoms with E-state index in [-0.39, 0.29) is 23.7 Å². The topological polar surface area (TPSA) is 73.1 Å². The predicted octanol–water partition coefficient (Wildman–Crippen LogP) is 4.89. The van der Waals surface area contributed by atoms with Gasteiger partial charge in [-0.1, -0.05) is 24.3 Å². The van der Waals surface area contributed by atoms with Gasteiger partial charge in [-0.25, -0.2) is 5.43 Å². The molecule has 0 saturated carbocycles. The number of furan rings is 1. The molecule has 1 amide bonds. The number of halogens is 3. The molecule has 3 aromatic rings. The molecule has 0 saturated heterocycles. The Morgan fingerprint density at radius 2 is 1.81 bits per heavy atom. The molecule has 1 aromatic heterocycles. The normalized spacial score (nSPS) is 11.5. The Morgan fingerprint density at radius 1 is 1.06 bits per heavy atom. The van der Waals surface area contributed by atoms with Gasteiger partial charge in [0.1, 0.15) is 11.5 Å². The van der Waals surface area contributed by atoms with Gasteiger partial charge in [0.25, 0.3) is 5.91 Å². The molecule has 6 nitrogen and oxygen atoms in total. The van der Waals surface area contributed by atoms with Crippen LogP contribution in [0.4, 0.5) is 13.2 Å². The highest BCUT2D eigenvalue weighted by Crippen LogP contribution is 2.32. The van der Waals surface area contributed by atoms with Gasteiger partial charge in [-0.15, -0.1) is 0 Å². The quantitative estimate of drug-likeness (QED) is 0.406. The molecule has 0 fully saturated rings. The van der Waals surface area contributed by atoms with Crippen molar-refractivity contribution in [2.45, 2.75) is 13.1 Å². The highest BCUT2D eigenvalue weighted by Gasteiger charge is 2.30. The number of alkyl halides is 3. The Balaban J connectivity index is 1.55. The second kappa shape index (κ2) is 9.84. The van der Waals surface area contributed by atoms with Gasteiger partial charge in [-0.2, -0.15) is 18.3 Å². The molecular weight excluding hydrogens is 413 g/mol. The highest BCUT2D eigenvalue weighted by atomic mass is 19.4. The molecule has 0 aliphatic carbocycles. The minimum absolute atomic E-state index is 0.245. The number of carbonyl (C=O) groups is 1.